The molecular formula is C18H23N3O6. The van der Waals surface area contributed by atoms with E-state index in [0.29, 0.717) is 18.4 Å². The number of esters is 1. The Labute approximate surface area is 156 Å². The van der Waals surface area contributed by atoms with Gasteiger partial charge in [-0.05, 0) is 25.3 Å². The summed E-state index contributed by atoms with van der Waals surface area (Å²) in [7, 11) is 0. The van der Waals surface area contributed by atoms with Gasteiger partial charge in [0.1, 0.15) is 5.54 Å². The standard InChI is InChI=1S/C18H23N3O6/c1-12-6-7-14(21(25)26)10-15(12)19-16(23)11-27-17(24)18(20-13(2)22)8-4-3-5-9-18/h6-7,10H,3-5,8-9,11H2,1-2H3,(H,19,23)(H,20,22). The number of nitrogens with one attached hydrogen (secondary N) is 2. The van der Waals surface area contributed by atoms with Crippen LogP contribution in [0.2, 0.25) is 0 Å². The van der Waals surface area contributed by atoms with Crippen molar-refractivity contribution in [2.45, 2.75) is 51.5 Å². The van der Waals surface area contributed by atoms with Crippen molar-refractivity contribution < 1.29 is 24.0 Å². The van der Waals surface area contributed by atoms with Crippen molar-refractivity contribution in [3.8, 4) is 0 Å². The van der Waals surface area contributed by atoms with Crippen molar-refractivity contribution in [3.63, 3.8) is 0 Å². The third-order valence-electron chi connectivity index (χ3n) is 4.55. The average molecular weight is 377 g/mol. The summed E-state index contributed by atoms with van der Waals surface area (Å²) in [6, 6.07) is 4.10. The molecule has 27 heavy (non-hydrogen) atoms. The van der Waals surface area contributed by atoms with E-state index in [1.54, 1.807) is 6.92 Å². The maximum atomic E-state index is 12.5. The summed E-state index contributed by atoms with van der Waals surface area (Å²) in [5.41, 5.74) is -0.326. The highest BCUT2D eigenvalue weighted by molar-refractivity contribution is 5.95. The molecule has 146 valence electrons. The van der Waals surface area contributed by atoms with Crippen molar-refractivity contribution in [2.75, 3.05) is 11.9 Å². The molecule has 0 radical (unpaired) electrons. The molecule has 2 rings (SSSR count). The summed E-state index contributed by atoms with van der Waals surface area (Å²) >= 11 is 0. The lowest BCUT2D eigenvalue weighted by molar-refractivity contribution is -0.384. The van der Waals surface area contributed by atoms with Gasteiger partial charge in [0.15, 0.2) is 6.61 Å². The summed E-state index contributed by atoms with van der Waals surface area (Å²) in [6.45, 7) is 2.49. The molecular weight excluding hydrogens is 354 g/mol. The minimum absolute atomic E-state index is 0.153. The quantitative estimate of drug-likeness (QED) is 0.444. The molecule has 1 aromatic rings. The summed E-state index contributed by atoms with van der Waals surface area (Å²) in [4.78, 5) is 46.4. The zero-order valence-electron chi connectivity index (χ0n) is 15.4. The van der Waals surface area contributed by atoms with Crippen LogP contribution >= 0.6 is 0 Å². The summed E-state index contributed by atoms with van der Waals surface area (Å²) in [5.74, 6) is -1.57. The van der Waals surface area contributed by atoms with Crippen LogP contribution in [0.3, 0.4) is 0 Å². The molecule has 0 aromatic heterocycles. The number of benzene rings is 1. The highest BCUT2D eigenvalue weighted by Crippen LogP contribution is 2.29. The molecule has 2 amide bonds. The van der Waals surface area contributed by atoms with Crippen molar-refractivity contribution in [1.29, 1.82) is 0 Å². The third-order valence-corrected chi connectivity index (χ3v) is 4.55. The van der Waals surface area contributed by atoms with Crippen LogP contribution in [0.1, 0.15) is 44.6 Å². The normalized spacial score (nSPS) is 15.5. The summed E-state index contributed by atoms with van der Waals surface area (Å²) in [5, 5.41) is 16.0. The predicted octanol–water partition coefficient (Wildman–Crippen LogP) is 2.22. The predicted molar refractivity (Wildman–Crippen MR) is 97.1 cm³/mol. The second-order valence-electron chi connectivity index (χ2n) is 6.70. The topological polar surface area (TPSA) is 128 Å². The number of nitro groups is 1. The molecule has 0 spiro atoms. The van der Waals surface area contributed by atoms with Gasteiger partial charge in [0.2, 0.25) is 5.91 Å². The van der Waals surface area contributed by atoms with Gasteiger partial charge in [-0.25, -0.2) is 4.79 Å². The van der Waals surface area contributed by atoms with E-state index in [1.807, 2.05) is 0 Å². The smallest absolute Gasteiger partial charge is 0.332 e. The first-order valence-electron chi connectivity index (χ1n) is 8.74. The first kappa shape index (κ1) is 20.3. The Morgan fingerprint density at radius 1 is 1.22 bits per heavy atom. The van der Waals surface area contributed by atoms with Gasteiger partial charge in [0, 0.05) is 19.1 Å². The maximum Gasteiger partial charge on any atom is 0.332 e. The van der Waals surface area contributed by atoms with Crippen LogP contribution < -0.4 is 10.6 Å². The Morgan fingerprint density at radius 3 is 2.48 bits per heavy atom. The number of nitrogens with zero attached hydrogens (tertiary/aromatic N) is 1. The fourth-order valence-corrected chi connectivity index (χ4v) is 3.19. The largest absolute Gasteiger partial charge is 0.454 e. The molecule has 9 heteroatoms. The highest BCUT2D eigenvalue weighted by Gasteiger charge is 2.42. The van der Waals surface area contributed by atoms with Crippen molar-refractivity contribution in [1.82, 2.24) is 5.32 Å². The number of rotatable bonds is 6. The fourth-order valence-electron chi connectivity index (χ4n) is 3.19. The maximum absolute atomic E-state index is 12.5. The van der Waals surface area contributed by atoms with Gasteiger partial charge in [0.05, 0.1) is 10.6 Å². The van der Waals surface area contributed by atoms with E-state index in [1.165, 1.54) is 25.1 Å². The second kappa shape index (κ2) is 8.61. The Hall–Kier alpha value is -2.97. The molecule has 0 aliphatic heterocycles. The number of hydrogen-bond donors (Lipinski definition) is 2. The molecule has 2 N–H and O–H groups in total. The molecule has 0 saturated heterocycles. The molecule has 9 nitrogen and oxygen atoms in total. The van der Waals surface area contributed by atoms with Crippen molar-refractivity contribution in [2.24, 2.45) is 0 Å². The van der Waals surface area contributed by atoms with Gasteiger partial charge in [-0.3, -0.25) is 19.7 Å². The Bertz CT molecular complexity index is 755. The molecule has 0 unspecified atom stereocenters. The van der Waals surface area contributed by atoms with Crippen molar-refractivity contribution in [3.05, 3.63) is 33.9 Å². The molecule has 1 aromatic carbocycles. The summed E-state index contributed by atoms with van der Waals surface area (Å²) in [6.07, 6.45) is 3.48. The van der Waals surface area contributed by atoms with E-state index in [-0.39, 0.29) is 17.3 Å². The molecule has 1 aliphatic carbocycles. The number of nitro benzene ring substituents is 1. The number of ether oxygens (including phenoxy) is 1. The lowest BCUT2D eigenvalue weighted by Gasteiger charge is -2.35. The van der Waals surface area contributed by atoms with Crippen LogP contribution in [0.4, 0.5) is 11.4 Å². The minimum Gasteiger partial charge on any atom is -0.454 e. The van der Waals surface area contributed by atoms with E-state index >= 15 is 0 Å². The van der Waals surface area contributed by atoms with Crippen LogP contribution in [-0.2, 0) is 19.1 Å². The van der Waals surface area contributed by atoms with Crippen LogP contribution in [0.5, 0.6) is 0 Å². The molecule has 1 fully saturated rings. The number of carbonyl (C=O) groups excluding carboxylic acids is 3. The number of carbonyl (C=O) groups is 3. The van der Waals surface area contributed by atoms with E-state index < -0.39 is 28.9 Å². The summed E-state index contributed by atoms with van der Waals surface area (Å²) < 4.78 is 5.14. The molecule has 0 atom stereocenters. The number of non-ortho nitro benzene ring substituents is 1. The molecule has 0 heterocycles. The van der Waals surface area contributed by atoms with Crippen molar-refractivity contribution >= 4 is 29.2 Å². The van der Waals surface area contributed by atoms with Crippen LogP contribution in [0.15, 0.2) is 18.2 Å². The Balaban J connectivity index is 2.00. The number of anilines is 1. The third kappa shape index (κ3) is 5.25. The van der Waals surface area contributed by atoms with Gasteiger partial charge in [0.25, 0.3) is 11.6 Å². The Morgan fingerprint density at radius 2 is 1.89 bits per heavy atom. The van der Waals surface area contributed by atoms with Crippen LogP contribution in [0.25, 0.3) is 0 Å². The molecule has 0 bridgehead atoms. The average Bonchev–Trinajstić information content (AvgIpc) is 2.61. The lowest BCUT2D eigenvalue weighted by atomic mass is 9.81. The van der Waals surface area contributed by atoms with Gasteiger partial charge in [-0.1, -0.05) is 25.3 Å². The first-order valence-corrected chi connectivity index (χ1v) is 8.74. The van der Waals surface area contributed by atoms with E-state index in [4.69, 9.17) is 4.74 Å². The zero-order chi connectivity index (χ0) is 20.0. The molecule has 1 aliphatic rings. The number of amides is 2. The first-order chi connectivity index (χ1) is 12.7. The number of hydrogen-bond acceptors (Lipinski definition) is 6. The van der Waals surface area contributed by atoms with E-state index in [9.17, 15) is 24.5 Å². The monoisotopic (exact) mass is 377 g/mol. The fraction of sp³-hybridized carbons (Fsp3) is 0.500. The van der Waals surface area contributed by atoms with Gasteiger partial charge < -0.3 is 15.4 Å². The van der Waals surface area contributed by atoms with Crippen LogP contribution in [-0.4, -0.2) is 34.9 Å². The zero-order valence-corrected chi connectivity index (χ0v) is 15.4. The second-order valence-corrected chi connectivity index (χ2v) is 6.70. The SMILES string of the molecule is CC(=O)NC1(C(=O)OCC(=O)Nc2cc([N+](=O)[O-])ccc2C)CCCCC1. The minimum atomic E-state index is -1.09. The number of aryl methyl sites for hydroxylation is 1. The highest BCUT2D eigenvalue weighted by atomic mass is 16.6. The Kier molecular flexibility index (Phi) is 6.49. The van der Waals surface area contributed by atoms with Gasteiger partial charge in [-0.2, -0.15) is 0 Å². The van der Waals surface area contributed by atoms with E-state index in [2.05, 4.69) is 10.6 Å². The molecule has 1 saturated carbocycles. The van der Waals surface area contributed by atoms with E-state index in [0.717, 1.165) is 19.3 Å². The van der Waals surface area contributed by atoms with Crippen LogP contribution in [0, 0.1) is 17.0 Å². The van der Waals surface area contributed by atoms with Gasteiger partial charge >= 0.3 is 5.97 Å². The lowest BCUT2D eigenvalue weighted by Crippen LogP contribution is -2.56. The van der Waals surface area contributed by atoms with Gasteiger partial charge in [-0.15, -0.1) is 0 Å².